The molecule has 6 N–H and O–H groups in total. The van der Waals surface area contributed by atoms with E-state index in [4.69, 9.17) is 0 Å². The van der Waals surface area contributed by atoms with Crippen molar-refractivity contribution < 1.29 is 51.9 Å². The first kappa shape index (κ1) is 50.0. The molecule has 0 fully saturated rings. The van der Waals surface area contributed by atoms with Crippen molar-refractivity contribution in [1.82, 2.24) is 4.98 Å². The van der Waals surface area contributed by atoms with Crippen LogP contribution in [0.5, 0.6) is 0 Å². The molecule has 0 unspecified atom stereocenters. The van der Waals surface area contributed by atoms with Gasteiger partial charge in [-0.1, -0.05) is 63.7 Å². The van der Waals surface area contributed by atoms with Gasteiger partial charge in [-0.3, -0.25) is 18.2 Å². The summed E-state index contributed by atoms with van der Waals surface area (Å²) < 4.78 is 137. The van der Waals surface area contributed by atoms with Gasteiger partial charge in [-0.15, -0.1) is 20.5 Å². The van der Waals surface area contributed by atoms with Crippen molar-refractivity contribution in [1.29, 1.82) is 10.5 Å². The fraction of sp³-hybridized carbons (Fsp3) is 0.0227. The Bertz CT molecular complexity index is 4160. The lowest BCUT2D eigenvalue weighted by Crippen LogP contribution is -2.05. The molecule has 6 aromatic carbocycles. The Balaban J connectivity index is 1.30. The maximum absolute atomic E-state index is 12.7. The maximum atomic E-state index is 12.7. The molecule has 0 aliphatic carbocycles. The predicted molar refractivity (Wildman–Crippen MR) is 264 cm³/mol. The normalized spacial score (nSPS) is 12.4. The van der Waals surface area contributed by atoms with Gasteiger partial charge in [0.1, 0.15) is 38.2 Å². The van der Waals surface area contributed by atoms with Gasteiger partial charge in [-0.2, -0.15) is 44.2 Å². The van der Waals surface area contributed by atoms with E-state index >= 15 is 0 Å². The summed E-state index contributed by atoms with van der Waals surface area (Å²) in [7, 11) is -19.1. The van der Waals surface area contributed by atoms with Crippen molar-refractivity contribution in [3.63, 3.8) is 0 Å². The molecule has 0 aliphatic heterocycles. The van der Waals surface area contributed by atoms with Crippen LogP contribution in [-0.2, 0) is 40.5 Å². The van der Waals surface area contributed by atoms with Crippen molar-refractivity contribution in [2.24, 2.45) is 20.5 Å². The van der Waals surface area contributed by atoms with Gasteiger partial charge in [0, 0.05) is 37.7 Å². The highest BCUT2D eigenvalue weighted by atomic mass is 79.9. The van der Waals surface area contributed by atoms with Crippen LogP contribution in [0.15, 0.2) is 160 Å². The zero-order valence-corrected chi connectivity index (χ0v) is 41.2. The summed E-state index contributed by atoms with van der Waals surface area (Å²) in [6, 6.07) is 30.7. The molecule has 358 valence electrons. The second kappa shape index (κ2) is 19.1. The maximum Gasteiger partial charge on any atom is 0.295 e. The van der Waals surface area contributed by atoms with Crippen LogP contribution in [0.4, 0.5) is 44.4 Å². The molecule has 0 radical (unpaired) electrons. The van der Waals surface area contributed by atoms with Gasteiger partial charge in [0.15, 0.2) is 16.6 Å². The first-order valence-corrected chi connectivity index (χ1v) is 27.1. The number of nitrogens with zero attached hydrogens (tertiary/aromatic N) is 7. The van der Waals surface area contributed by atoms with Gasteiger partial charge < -0.3 is 10.6 Å². The van der Waals surface area contributed by atoms with Crippen LogP contribution in [-0.4, -0.2) is 56.9 Å². The average molecular weight is 1110 g/mol. The number of fused-ring (bicyclic) bond motifs is 2. The summed E-state index contributed by atoms with van der Waals surface area (Å²) in [4.78, 5) is 2.28. The van der Waals surface area contributed by atoms with Gasteiger partial charge in [-0.25, -0.2) is 4.98 Å². The Morgan fingerprint density at radius 1 is 0.577 bits per heavy atom. The quantitative estimate of drug-likeness (QED) is 0.0461. The van der Waals surface area contributed by atoms with Gasteiger partial charge in [0.2, 0.25) is 0 Å². The Hall–Kier alpha value is -7.41. The van der Waals surface area contributed by atoms with E-state index in [1.54, 1.807) is 24.3 Å². The third-order valence-electron chi connectivity index (χ3n) is 10.4. The molecule has 8 aromatic rings. The molecular weight excluding hydrogens is 1090 g/mol. The van der Waals surface area contributed by atoms with Crippen LogP contribution >= 0.6 is 27.3 Å². The first-order valence-electron chi connectivity index (χ1n) is 19.7. The monoisotopic (exact) mass is 1110 g/mol. The van der Waals surface area contributed by atoms with Crippen LogP contribution in [0.2, 0.25) is 0 Å². The number of aromatic nitrogens is 1. The zero-order valence-electron chi connectivity index (χ0n) is 35.6. The third kappa shape index (κ3) is 10.7. The van der Waals surface area contributed by atoms with Crippen molar-refractivity contribution in [3.8, 4) is 23.3 Å². The van der Waals surface area contributed by atoms with E-state index in [2.05, 4.69) is 64.1 Å². The highest BCUT2D eigenvalue weighted by Gasteiger charge is 2.25. The molecule has 71 heavy (non-hydrogen) atoms. The van der Waals surface area contributed by atoms with E-state index in [0.29, 0.717) is 5.56 Å². The minimum atomic E-state index is -5.06. The fourth-order valence-corrected chi connectivity index (χ4v) is 11.0. The second-order valence-electron chi connectivity index (χ2n) is 14.9. The molecular formula is C44H28BrN9O12S5. The minimum absolute atomic E-state index is 0.00879. The highest BCUT2D eigenvalue weighted by Crippen LogP contribution is 2.49. The number of rotatable bonds is 13. The number of nitrogens with one attached hydrogen (secondary N) is 2. The van der Waals surface area contributed by atoms with Crippen molar-refractivity contribution in [2.75, 3.05) is 10.6 Å². The first-order chi connectivity index (χ1) is 33.4. The molecule has 2 aromatic heterocycles. The van der Waals surface area contributed by atoms with Gasteiger partial charge in [0.25, 0.3) is 40.5 Å². The molecule has 0 aliphatic rings. The molecule has 21 nitrogen and oxygen atoms in total. The number of hydrogen-bond acceptors (Lipinski definition) is 18. The van der Waals surface area contributed by atoms with E-state index in [1.165, 1.54) is 37.3 Å². The second-order valence-corrected chi connectivity index (χ2v) is 22.5. The summed E-state index contributed by atoms with van der Waals surface area (Å²) in [5.74, 6) is -0.160. The van der Waals surface area contributed by atoms with E-state index in [1.807, 2.05) is 18.2 Å². The Kier molecular flexibility index (Phi) is 13.4. The summed E-state index contributed by atoms with van der Waals surface area (Å²) in [5, 5.41) is 45.5. The standard InChI is InChI=1S/C44H28BrN9O12S5/c1-23-35(21-46)41(48-28-8-12-31(13-9-28)68(55,56)57)50-42(49-29-10-14-32(15-11-29)69(58,59)60)40(23)52-53-43-36(22-47)39(26-7-6-24-4-2-3-5-25(24)16-26)44(67-43)54-51-30-19-34-33(38(20-30)71(64,65)66)17-27(45)18-37(34)70(61,62)63/h2-20H,1H3,(H2,48,49,50)(H,55,56,57)(H,58,59,60)(H,61,62,63)(H,64,65,66)/b53-52+,54-51+. The lowest BCUT2D eigenvalue weighted by Gasteiger charge is -2.16. The van der Waals surface area contributed by atoms with Crippen LogP contribution in [0.1, 0.15) is 16.7 Å². The number of hydrogen-bond donors (Lipinski definition) is 6. The largest absolute Gasteiger partial charge is 0.339 e. The highest BCUT2D eigenvalue weighted by molar-refractivity contribution is 9.10. The number of pyridine rings is 1. The van der Waals surface area contributed by atoms with Crippen LogP contribution in [0, 0.1) is 29.6 Å². The molecule has 2 heterocycles. The van der Waals surface area contributed by atoms with E-state index in [-0.39, 0.29) is 81.9 Å². The van der Waals surface area contributed by atoms with Crippen molar-refractivity contribution in [2.45, 2.75) is 26.5 Å². The molecule has 0 atom stereocenters. The fourth-order valence-electron chi connectivity index (χ4n) is 7.12. The van der Waals surface area contributed by atoms with E-state index < -0.39 is 60.1 Å². The minimum Gasteiger partial charge on any atom is -0.339 e. The van der Waals surface area contributed by atoms with Gasteiger partial charge in [0.05, 0.1) is 21.0 Å². The third-order valence-corrected chi connectivity index (χ3v) is 15.3. The molecule has 8 rings (SSSR count). The lowest BCUT2D eigenvalue weighted by atomic mass is 10.00. The molecule has 0 saturated heterocycles. The number of anilines is 4. The van der Waals surface area contributed by atoms with Crippen LogP contribution in [0.3, 0.4) is 0 Å². The Labute approximate surface area is 415 Å². The molecule has 27 heteroatoms. The molecule has 0 amide bonds. The zero-order chi connectivity index (χ0) is 51.2. The van der Waals surface area contributed by atoms with Crippen LogP contribution in [0.25, 0.3) is 32.7 Å². The van der Waals surface area contributed by atoms with Gasteiger partial charge in [-0.05, 0) is 102 Å². The molecule has 0 spiro atoms. The number of benzene rings is 6. The Morgan fingerprint density at radius 3 is 1.68 bits per heavy atom. The van der Waals surface area contributed by atoms with Crippen molar-refractivity contribution >= 4 is 134 Å². The van der Waals surface area contributed by atoms with Gasteiger partial charge >= 0.3 is 0 Å². The molecule has 0 saturated carbocycles. The summed E-state index contributed by atoms with van der Waals surface area (Å²) in [6.45, 7) is 1.50. The van der Waals surface area contributed by atoms with E-state index in [9.17, 15) is 62.4 Å². The van der Waals surface area contributed by atoms with E-state index in [0.717, 1.165) is 64.6 Å². The number of halogens is 1. The number of azo groups is 2. The average Bonchev–Trinajstić information content (AvgIpc) is 3.66. The Morgan fingerprint density at radius 2 is 1.11 bits per heavy atom. The summed E-state index contributed by atoms with van der Waals surface area (Å²) in [5.41, 5.74) is 0.717. The lowest BCUT2D eigenvalue weighted by molar-refractivity contribution is 0.481. The topological polar surface area (TPSA) is 351 Å². The number of nitriles is 2. The summed E-state index contributed by atoms with van der Waals surface area (Å²) >= 11 is 3.89. The predicted octanol–water partition coefficient (Wildman–Crippen LogP) is 11.2. The number of thiophene rings is 1. The summed E-state index contributed by atoms with van der Waals surface area (Å²) in [6.07, 6.45) is 0. The van der Waals surface area contributed by atoms with Crippen molar-refractivity contribution in [3.05, 3.63) is 136 Å². The molecule has 0 bridgehead atoms. The van der Waals surface area contributed by atoms with Crippen LogP contribution < -0.4 is 10.6 Å². The smallest absolute Gasteiger partial charge is 0.295 e. The SMILES string of the molecule is Cc1c(C#N)c(Nc2ccc(S(=O)(=O)O)cc2)nc(Nc2ccc(S(=O)(=O)O)cc2)c1/N=N/c1sc(/N=N/c2cc(S(=O)(=O)O)c3cc(Br)cc(S(=O)(=O)O)c3c2)c(-c2ccc3ccccc3c2)c1C#N.